The van der Waals surface area contributed by atoms with Crippen molar-refractivity contribution in [1.82, 2.24) is 14.5 Å². The van der Waals surface area contributed by atoms with E-state index in [4.69, 9.17) is 4.74 Å². The van der Waals surface area contributed by atoms with E-state index in [0.717, 1.165) is 21.4 Å². The molecule has 12 heteroatoms. The zero-order valence-electron chi connectivity index (χ0n) is 19.4. The summed E-state index contributed by atoms with van der Waals surface area (Å²) < 4.78 is 7.64. The molecule has 0 spiro atoms. The summed E-state index contributed by atoms with van der Waals surface area (Å²) in [7, 11) is 0. The maximum Gasteiger partial charge on any atom is 0.308 e. The van der Waals surface area contributed by atoms with Gasteiger partial charge in [-0.05, 0) is 35.9 Å². The lowest BCUT2D eigenvalue weighted by molar-refractivity contribution is -0.136. The van der Waals surface area contributed by atoms with Gasteiger partial charge in [-0.2, -0.15) is 0 Å². The summed E-state index contributed by atoms with van der Waals surface area (Å²) in [5, 5.41) is -0.155. The number of fused-ring (bicyclic) bond motifs is 2. The van der Waals surface area contributed by atoms with Crippen LogP contribution >= 0.6 is 39.0 Å². The third-order valence-corrected chi connectivity index (χ3v) is 9.97. The highest BCUT2D eigenvalue weighted by Crippen LogP contribution is 2.53. The molecule has 0 saturated carbocycles. The summed E-state index contributed by atoms with van der Waals surface area (Å²) in [6, 6.07) is 10.7. The Bertz CT molecular complexity index is 1440. The number of morpholine rings is 1. The summed E-state index contributed by atoms with van der Waals surface area (Å²) in [5.41, 5.74) is 1.26. The molecule has 1 aromatic carbocycles. The minimum atomic E-state index is -0.729. The first-order valence-electron chi connectivity index (χ1n) is 11.7. The van der Waals surface area contributed by atoms with Gasteiger partial charge in [0.05, 0.1) is 29.8 Å². The first-order valence-corrected chi connectivity index (χ1v) is 14.2. The Morgan fingerprint density at radius 1 is 1.08 bits per heavy atom. The van der Waals surface area contributed by atoms with Crippen molar-refractivity contribution in [2.24, 2.45) is 5.92 Å². The highest BCUT2D eigenvalue weighted by atomic mass is 79.9. The van der Waals surface area contributed by atoms with Gasteiger partial charge >= 0.3 is 4.87 Å². The zero-order valence-corrected chi connectivity index (χ0v) is 22.6. The molecule has 0 bridgehead atoms. The summed E-state index contributed by atoms with van der Waals surface area (Å²) in [6.07, 6.45) is 3.32. The molecule has 3 aliphatic rings. The summed E-state index contributed by atoms with van der Waals surface area (Å²) in [4.78, 5) is 61.3. The number of carbonyl (C=O) groups excluding carboxylic acids is 3. The van der Waals surface area contributed by atoms with E-state index in [1.165, 1.54) is 21.2 Å². The van der Waals surface area contributed by atoms with Crippen molar-refractivity contribution in [2.45, 2.75) is 22.7 Å². The van der Waals surface area contributed by atoms with Gasteiger partial charge in [0.1, 0.15) is 11.8 Å². The van der Waals surface area contributed by atoms with E-state index < -0.39 is 17.1 Å². The molecule has 190 valence electrons. The molecule has 6 rings (SSSR count). The third-order valence-electron chi connectivity index (χ3n) is 6.83. The van der Waals surface area contributed by atoms with Gasteiger partial charge in [0.2, 0.25) is 17.7 Å². The highest BCUT2D eigenvalue weighted by Gasteiger charge is 2.56. The second kappa shape index (κ2) is 9.82. The molecule has 2 fully saturated rings. The summed E-state index contributed by atoms with van der Waals surface area (Å²) in [5.74, 6) is -2.02. The standard InChI is InChI=1S/C25H21BrN4O5S2/c26-15-3-5-16(6-4-15)30-22(32)19-18(14-2-1-7-27-12-14)21-24(36-20(19)23(30)33)29(25(34)37-21)13-17(31)28-8-10-35-11-9-28/h1-7,12,18-20H,8-11,13H2/t18-,19+,20-/m0/s1. The molecule has 5 heterocycles. The molecule has 3 aromatic rings. The van der Waals surface area contributed by atoms with Crippen molar-refractivity contribution in [1.29, 1.82) is 0 Å². The van der Waals surface area contributed by atoms with E-state index >= 15 is 0 Å². The van der Waals surface area contributed by atoms with Crippen LogP contribution in [-0.4, -0.2) is 63.7 Å². The maximum atomic E-state index is 13.8. The second-order valence-corrected chi connectivity index (χ2v) is 12.0. The van der Waals surface area contributed by atoms with Crippen molar-refractivity contribution in [3.63, 3.8) is 0 Å². The average Bonchev–Trinajstić information content (AvgIpc) is 3.36. The van der Waals surface area contributed by atoms with E-state index in [1.807, 2.05) is 6.07 Å². The predicted octanol–water partition coefficient (Wildman–Crippen LogP) is 2.72. The minimum Gasteiger partial charge on any atom is -0.378 e. The number of rotatable bonds is 4. The zero-order chi connectivity index (χ0) is 25.7. The Morgan fingerprint density at radius 3 is 2.54 bits per heavy atom. The molecule has 0 aliphatic carbocycles. The number of ether oxygens (including phenoxy) is 1. The van der Waals surface area contributed by atoms with Gasteiger partial charge in [0.15, 0.2) is 0 Å². The Balaban J connectivity index is 1.42. The number of benzene rings is 1. The lowest BCUT2D eigenvalue weighted by Crippen LogP contribution is -2.43. The molecule has 3 amide bonds. The van der Waals surface area contributed by atoms with Gasteiger partial charge in [0.25, 0.3) is 0 Å². The lowest BCUT2D eigenvalue weighted by Gasteiger charge is -2.31. The minimum absolute atomic E-state index is 0.118. The predicted molar refractivity (Wildman–Crippen MR) is 142 cm³/mol. The van der Waals surface area contributed by atoms with Crippen LogP contribution in [0.25, 0.3) is 0 Å². The quantitative estimate of drug-likeness (QED) is 0.424. The SMILES string of the molecule is O=C(Cn1c2c(sc1=O)[C@@H](c1cccnc1)[C@H]1C(=O)N(c3ccc(Br)cc3)C(=O)[C@H]1S2)N1CCOCC1. The molecule has 0 radical (unpaired) electrons. The smallest absolute Gasteiger partial charge is 0.308 e. The van der Waals surface area contributed by atoms with Gasteiger partial charge in [-0.1, -0.05) is 45.1 Å². The van der Waals surface area contributed by atoms with E-state index in [-0.39, 0.29) is 29.1 Å². The van der Waals surface area contributed by atoms with Crippen molar-refractivity contribution in [3.05, 3.63) is 73.4 Å². The van der Waals surface area contributed by atoms with E-state index in [1.54, 1.807) is 47.6 Å². The molecule has 0 unspecified atom stereocenters. The number of imide groups is 1. The van der Waals surface area contributed by atoms with Crippen LogP contribution in [0.5, 0.6) is 0 Å². The largest absolute Gasteiger partial charge is 0.378 e. The molecule has 2 aromatic heterocycles. The third kappa shape index (κ3) is 4.25. The molecule has 3 aliphatic heterocycles. The summed E-state index contributed by atoms with van der Waals surface area (Å²) >= 11 is 5.64. The van der Waals surface area contributed by atoms with Crippen molar-refractivity contribution >= 4 is 62.4 Å². The van der Waals surface area contributed by atoms with Gasteiger partial charge in [0, 0.05) is 40.8 Å². The number of pyridine rings is 1. The van der Waals surface area contributed by atoms with Crippen LogP contribution in [0.4, 0.5) is 5.69 Å². The maximum absolute atomic E-state index is 13.8. The van der Waals surface area contributed by atoms with Gasteiger partial charge < -0.3 is 9.64 Å². The highest BCUT2D eigenvalue weighted by molar-refractivity contribution is 9.10. The molecule has 9 nitrogen and oxygen atoms in total. The van der Waals surface area contributed by atoms with Crippen LogP contribution in [0.15, 0.2) is 63.1 Å². The van der Waals surface area contributed by atoms with Gasteiger partial charge in [-0.3, -0.25) is 28.7 Å². The van der Waals surface area contributed by atoms with Crippen LogP contribution in [0.3, 0.4) is 0 Å². The number of hydrogen-bond donors (Lipinski definition) is 0. The number of halogens is 1. The molecule has 3 atom stereocenters. The van der Waals surface area contributed by atoms with Crippen LogP contribution in [0.2, 0.25) is 0 Å². The number of thiazole rings is 1. The molecule has 37 heavy (non-hydrogen) atoms. The first-order chi connectivity index (χ1) is 17.9. The van der Waals surface area contributed by atoms with Crippen molar-refractivity contribution < 1.29 is 19.1 Å². The summed E-state index contributed by atoms with van der Waals surface area (Å²) in [6.45, 7) is 1.77. The van der Waals surface area contributed by atoms with Crippen molar-refractivity contribution in [3.8, 4) is 0 Å². The Hall–Kier alpha value is -2.80. The van der Waals surface area contributed by atoms with Crippen LogP contribution in [0.1, 0.15) is 16.4 Å². The first kappa shape index (κ1) is 24.5. The van der Waals surface area contributed by atoms with Crippen LogP contribution < -0.4 is 9.77 Å². The Kier molecular flexibility index (Phi) is 6.51. The number of anilines is 1. The number of carbonyl (C=O) groups is 3. The normalized spacial score (nSPS) is 23.2. The Morgan fingerprint density at radius 2 is 1.84 bits per heavy atom. The average molecular weight is 602 g/mol. The number of nitrogens with zero attached hydrogens (tertiary/aromatic N) is 4. The second-order valence-electron chi connectivity index (χ2n) is 8.93. The van der Waals surface area contributed by atoms with E-state index in [0.29, 0.717) is 41.9 Å². The monoisotopic (exact) mass is 600 g/mol. The Labute approximate surface area is 228 Å². The fourth-order valence-corrected chi connectivity index (χ4v) is 8.10. The molecular formula is C25H21BrN4O5S2. The van der Waals surface area contributed by atoms with Gasteiger partial charge in [-0.15, -0.1) is 0 Å². The fraction of sp³-hybridized carbons (Fsp3) is 0.320. The molecule has 2 saturated heterocycles. The van der Waals surface area contributed by atoms with Crippen LogP contribution in [0, 0.1) is 5.92 Å². The van der Waals surface area contributed by atoms with E-state index in [2.05, 4.69) is 20.9 Å². The lowest BCUT2D eigenvalue weighted by atomic mass is 9.84. The van der Waals surface area contributed by atoms with Gasteiger partial charge in [-0.25, -0.2) is 4.90 Å². The number of thioether (sulfide) groups is 1. The molecule has 0 N–H and O–H groups in total. The number of hydrogen-bond acceptors (Lipinski definition) is 8. The number of aromatic nitrogens is 2. The number of amides is 3. The topological polar surface area (TPSA) is 102 Å². The van der Waals surface area contributed by atoms with Crippen molar-refractivity contribution in [2.75, 3.05) is 31.2 Å². The fourth-order valence-electron chi connectivity index (χ4n) is 5.07. The van der Waals surface area contributed by atoms with Crippen LogP contribution in [-0.2, 0) is 25.7 Å². The van der Waals surface area contributed by atoms with E-state index in [9.17, 15) is 19.2 Å². The molecular weight excluding hydrogens is 580 g/mol.